The zero-order chi connectivity index (χ0) is 68.9. The number of piperazine rings is 2. The van der Waals surface area contributed by atoms with Crippen LogP contribution in [0.5, 0.6) is 11.5 Å². The van der Waals surface area contributed by atoms with Crippen molar-refractivity contribution in [3.8, 4) is 34.0 Å². The number of carbonyl (C=O) groups excluding carboxylic acids is 3. The van der Waals surface area contributed by atoms with Crippen LogP contribution < -0.4 is 30.4 Å². The number of carbonyl (C=O) groups is 3. The molecule has 0 bridgehead atoms. The molecular weight excluding hydrogens is 1260 g/mol. The first-order valence-corrected chi connectivity index (χ1v) is 30.9. The number of benzene rings is 4. The Labute approximate surface area is 548 Å². The Kier molecular flexibility index (Phi) is 21.2. The number of hydrogen-bond acceptors (Lipinski definition) is 20. The summed E-state index contributed by atoms with van der Waals surface area (Å²) in [5, 5.41) is 19.8. The van der Waals surface area contributed by atoms with Gasteiger partial charge in [-0.2, -0.15) is 17.6 Å². The van der Waals surface area contributed by atoms with Gasteiger partial charge in [0, 0.05) is 87.7 Å². The summed E-state index contributed by atoms with van der Waals surface area (Å²) in [6, 6.07) is 23.4. The highest BCUT2D eigenvalue weighted by Crippen LogP contribution is 2.31. The summed E-state index contributed by atoms with van der Waals surface area (Å²) < 4.78 is 93.7. The Balaban J connectivity index is 0.000000180. The highest BCUT2D eigenvalue weighted by molar-refractivity contribution is 5.86. The minimum Gasteiger partial charge on any atom is -0.467 e. The molecule has 0 spiro atoms. The first-order valence-electron chi connectivity index (χ1n) is 30.9. The second-order valence-corrected chi connectivity index (χ2v) is 24.2. The van der Waals surface area contributed by atoms with E-state index in [2.05, 4.69) is 34.3 Å². The normalized spacial score (nSPS) is 19.5. The number of alkyl halides is 4. The molecule has 4 aliphatic rings. The van der Waals surface area contributed by atoms with Gasteiger partial charge in [-0.1, -0.05) is 48.5 Å². The van der Waals surface area contributed by atoms with E-state index >= 15 is 0 Å². The van der Waals surface area contributed by atoms with Crippen molar-refractivity contribution < 1.29 is 75.3 Å². The van der Waals surface area contributed by atoms with E-state index in [4.69, 9.17) is 28.8 Å². The molecule has 96 heavy (non-hydrogen) atoms. The van der Waals surface area contributed by atoms with Crippen molar-refractivity contribution in [3.63, 3.8) is 0 Å². The van der Waals surface area contributed by atoms with Crippen LogP contribution in [0.1, 0.15) is 52.7 Å². The van der Waals surface area contributed by atoms with E-state index in [-0.39, 0.29) is 72.9 Å². The second kappa shape index (κ2) is 29.3. The van der Waals surface area contributed by atoms with E-state index in [1.165, 1.54) is 28.6 Å². The maximum atomic E-state index is 13.1. The maximum Gasteiger partial charge on any atom is 0.387 e. The largest absolute Gasteiger partial charge is 0.467 e. The molecule has 26 nitrogen and oxygen atoms in total. The van der Waals surface area contributed by atoms with Crippen molar-refractivity contribution in [2.24, 2.45) is 14.1 Å². The van der Waals surface area contributed by atoms with Crippen molar-refractivity contribution in [2.45, 2.75) is 110 Å². The van der Waals surface area contributed by atoms with Gasteiger partial charge in [0.25, 0.3) is 22.9 Å². The van der Waals surface area contributed by atoms with E-state index in [1.54, 1.807) is 135 Å². The molecule has 4 saturated heterocycles. The van der Waals surface area contributed by atoms with Crippen LogP contribution in [0.25, 0.3) is 44.3 Å². The molecule has 30 heteroatoms. The number of methoxy groups -OCH3 is 1. The fraction of sp³-hybridized carbons (Fsp3) is 0.439. The Morgan fingerprint density at radius 3 is 1.44 bits per heavy atom. The molecule has 4 aromatic carbocycles. The van der Waals surface area contributed by atoms with Crippen LogP contribution in [-0.2, 0) is 65.3 Å². The van der Waals surface area contributed by atoms with Crippen molar-refractivity contribution in [1.82, 2.24) is 48.5 Å². The number of nitrogens with zero attached hydrogens (tertiary/aromatic N) is 12. The van der Waals surface area contributed by atoms with Crippen molar-refractivity contribution in [3.05, 3.63) is 142 Å². The van der Waals surface area contributed by atoms with Crippen molar-refractivity contribution in [2.75, 3.05) is 76.0 Å². The lowest BCUT2D eigenvalue weighted by atomic mass is 10.1. The molecule has 5 atom stereocenters. The van der Waals surface area contributed by atoms with E-state index in [1.807, 2.05) is 41.8 Å². The Morgan fingerprint density at radius 2 is 1.05 bits per heavy atom. The summed E-state index contributed by atoms with van der Waals surface area (Å²) >= 11 is 0. The third kappa shape index (κ3) is 15.6. The Morgan fingerprint density at radius 1 is 0.615 bits per heavy atom. The van der Waals surface area contributed by atoms with Crippen molar-refractivity contribution in [1.29, 1.82) is 0 Å². The molecule has 4 fully saturated rings. The standard InChI is InChI=1S/C31H34F2N6O5.C28H30F2N6O5.C7H12O4/c1-19-16-37(11-12-38(19)29(41)26-18-42-31(2,3)44-26)27-15-34-23(14-35-27)20-9-10-22-24(13-20)39(36(4)28(22)40)17-21-7-5-6-8-25(21)43-30(32)33;1-17-14-34(9-10-35(17)27(40)23(38)16-37)25-13-31-21(12-32-25)18-7-8-20-22(11-18)36(33(2)26(20)39)15-19-5-3-4-6-24(19)41-28(29)30;1-7(2)10-4-5(11-7)6(8)9-3/h5-10,13-15,19,26,30H,11-12,16-18H2,1-4H3;3-8,11-13,17,23,28,37-38H,9-10,14-16H2,1-2H3;5H,4H2,1-3H3/t19-,26-;17-,23-;5-/m111/s1. The third-order valence-corrected chi connectivity index (χ3v) is 16.9. The third-order valence-electron chi connectivity index (χ3n) is 16.9. The number of esters is 1. The zero-order valence-corrected chi connectivity index (χ0v) is 54.4. The highest BCUT2D eigenvalue weighted by Gasteiger charge is 2.42. The SMILES string of the molecule is COC(=O)[C@H]1COC(C)(C)O1.C[C@@H]1CN(c2cnc(-c3ccc4c(=O)n(C)n(Cc5ccccc5OC(F)F)c4c3)cn2)CCN1C(=O)[C@H](O)CO.C[C@@H]1CN(c2cnc(-c3ccc4c(=O)n(C)n(Cc5ccccc5OC(F)F)c4c3)cn2)CCN1C(=O)[C@H]1COC(C)(C)O1. The minimum atomic E-state index is -2.97. The highest BCUT2D eigenvalue weighted by atomic mass is 19.3. The molecule has 0 aliphatic carbocycles. The molecule has 2 N–H and O–H groups in total. The number of fused-ring (bicyclic) bond motifs is 2. The van der Waals surface area contributed by atoms with Crippen LogP contribution in [0.4, 0.5) is 29.2 Å². The van der Waals surface area contributed by atoms with Crippen LogP contribution in [-0.4, -0.2) is 198 Å². The predicted molar refractivity (Wildman–Crippen MR) is 342 cm³/mol. The van der Waals surface area contributed by atoms with Crippen LogP contribution in [0.3, 0.4) is 0 Å². The fourth-order valence-corrected chi connectivity index (χ4v) is 11.9. The summed E-state index contributed by atoms with van der Waals surface area (Å²) in [4.78, 5) is 88.1. The van der Waals surface area contributed by atoms with Gasteiger partial charge in [-0.25, -0.2) is 14.8 Å². The van der Waals surface area contributed by atoms with Crippen LogP contribution in [0.15, 0.2) is 119 Å². The molecule has 4 aromatic heterocycles. The van der Waals surface area contributed by atoms with E-state index < -0.39 is 55.6 Å². The molecule has 0 unspecified atom stereocenters. The monoisotopic (exact) mass is 1340 g/mol. The van der Waals surface area contributed by atoms with E-state index in [9.17, 15) is 46.6 Å². The first-order chi connectivity index (χ1) is 45.7. The smallest absolute Gasteiger partial charge is 0.387 e. The van der Waals surface area contributed by atoms with Gasteiger partial charge in [0.1, 0.15) is 23.1 Å². The molecule has 0 saturated carbocycles. The van der Waals surface area contributed by atoms with Gasteiger partial charge in [-0.15, -0.1) is 0 Å². The molecule has 12 rings (SSSR count). The quantitative estimate of drug-likeness (QED) is 0.0856. The van der Waals surface area contributed by atoms with Crippen LogP contribution >= 0.6 is 0 Å². The van der Waals surface area contributed by atoms with Crippen molar-refractivity contribution >= 4 is 51.2 Å². The van der Waals surface area contributed by atoms with E-state index in [0.29, 0.717) is 95.2 Å². The predicted octanol–water partition coefficient (Wildman–Crippen LogP) is 5.78. The van der Waals surface area contributed by atoms with Gasteiger partial charge >= 0.3 is 19.2 Å². The van der Waals surface area contributed by atoms with Gasteiger partial charge in [0.05, 0.1) is 98.0 Å². The van der Waals surface area contributed by atoms with Crippen LogP contribution in [0.2, 0.25) is 0 Å². The molecule has 8 heterocycles. The van der Waals surface area contributed by atoms with Gasteiger partial charge < -0.3 is 63.0 Å². The summed E-state index contributed by atoms with van der Waals surface area (Å²) in [6.07, 6.45) is 4.07. The number of aliphatic hydroxyl groups is 2. The number of aromatic nitrogens is 8. The average molecular weight is 1340 g/mol. The number of rotatable bonds is 16. The number of aliphatic hydroxyl groups excluding tert-OH is 2. The topological polar surface area (TPSA) is 275 Å². The number of amides is 2. The average Bonchev–Trinajstić information content (AvgIpc) is 1.66. The fourth-order valence-electron chi connectivity index (χ4n) is 11.9. The Hall–Kier alpha value is -9.33. The molecule has 0 radical (unpaired) electrons. The summed E-state index contributed by atoms with van der Waals surface area (Å²) in [5.41, 5.74) is 4.47. The summed E-state index contributed by atoms with van der Waals surface area (Å²) in [6.45, 7) is 8.30. The number of halogens is 4. The molecule has 512 valence electrons. The van der Waals surface area contributed by atoms with Crippen LogP contribution in [0, 0.1) is 0 Å². The second-order valence-electron chi connectivity index (χ2n) is 24.2. The zero-order valence-electron chi connectivity index (χ0n) is 54.4. The van der Waals surface area contributed by atoms with Gasteiger partial charge in [-0.3, -0.25) is 47.9 Å². The molecule has 2 amide bonds. The number of para-hydroxylation sites is 2. The number of ether oxygens (including phenoxy) is 7. The lowest BCUT2D eigenvalue weighted by Crippen LogP contribution is -2.57. The molecule has 4 aliphatic heterocycles. The maximum absolute atomic E-state index is 13.1. The number of hydrogen-bond donors (Lipinski definition) is 2. The molecule has 8 aromatic rings. The Bertz CT molecular complexity index is 4200. The van der Waals surface area contributed by atoms with Gasteiger partial charge in [0.15, 0.2) is 29.9 Å². The van der Waals surface area contributed by atoms with E-state index in [0.717, 1.165) is 11.1 Å². The first kappa shape index (κ1) is 69.5. The summed E-state index contributed by atoms with van der Waals surface area (Å²) in [7, 11) is 4.58. The summed E-state index contributed by atoms with van der Waals surface area (Å²) in [5.74, 6) is -0.940. The minimum absolute atomic E-state index is 0.0403. The lowest BCUT2D eigenvalue weighted by Gasteiger charge is -2.41. The lowest BCUT2D eigenvalue weighted by molar-refractivity contribution is -0.167. The molecular formula is C66H76F4N12O14. The van der Waals surface area contributed by atoms with Gasteiger partial charge in [0.2, 0.25) is 0 Å². The number of anilines is 2. The van der Waals surface area contributed by atoms with Gasteiger partial charge in [-0.05, 0) is 77.9 Å².